The molecule has 3 heterocycles. The van der Waals surface area contributed by atoms with Gasteiger partial charge in [0, 0.05) is 11.3 Å². The van der Waals surface area contributed by atoms with Gasteiger partial charge >= 0.3 is 0 Å². The summed E-state index contributed by atoms with van der Waals surface area (Å²) in [6, 6.07) is 9.60. The van der Waals surface area contributed by atoms with Crippen molar-refractivity contribution < 1.29 is 13.9 Å². The van der Waals surface area contributed by atoms with Crippen molar-refractivity contribution in [3.05, 3.63) is 47.9 Å². The lowest BCUT2D eigenvalue weighted by Crippen LogP contribution is -2.25. The van der Waals surface area contributed by atoms with Crippen LogP contribution in [-0.2, 0) is 6.54 Å². The molecule has 2 aliphatic rings. The van der Waals surface area contributed by atoms with E-state index < -0.39 is 0 Å². The zero-order chi connectivity index (χ0) is 14.8. The van der Waals surface area contributed by atoms with Gasteiger partial charge in [-0.25, -0.2) is 0 Å². The lowest BCUT2D eigenvalue weighted by Gasteiger charge is -2.15. The average Bonchev–Trinajstić information content (AvgIpc) is 3.24. The molecule has 1 aromatic carbocycles. The SMILES string of the molecule is Cl.c1coc(CN=C2NN=C(c3ccc4c(c3)OCO4)CS2)c1. The first-order valence-electron chi connectivity index (χ1n) is 6.81. The van der Waals surface area contributed by atoms with Crippen LogP contribution in [0.3, 0.4) is 0 Å². The summed E-state index contributed by atoms with van der Waals surface area (Å²) in [4.78, 5) is 4.43. The standard InChI is InChI=1S/C15H13N3O3S.ClH/c1-2-11(19-5-1)7-16-15-18-17-12(8-22-15)10-3-4-13-14(6-10)21-9-20-13;/h1-6H,7-9H2,(H,16,18);1H. The summed E-state index contributed by atoms with van der Waals surface area (Å²) >= 11 is 1.62. The van der Waals surface area contributed by atoms with E-state index in [1.54, 1.807) is 18.0 Å². The van der Waals surface area contributed by atoms with Gasteiger partial charge in [0.1, 0.15) is 5.76 Å². The van der Waals surface area contributed by atoms with Crippen molar-refractivity contribution in [2.45, 2.75) is 6.54 Å². The van der Waals surface area contributed by atoms with Crippen molar-refractivity contribution in [3.8, 4) is 11.5 Å². The van der Waals surface area contributed by atoms with Crippen molar-refractivity contribution in [3.63, 3.8) is 0 Å². The quantitative estimate of drug-likeness (QED) is 0.920. The Hall–Kier alpha value is -2.12. The van der Waals surface area contributed by atoms with Gasteiger partial charge in [-0.2, -0.15) is 5.10 Å². The van der Waals surface area contributed by atoms with Gasteiger partial charge in [-0.3, -0.25) is 10.4 Å². The van der Waals surface area contributed by atoms with Gasteiger partial charge in [0.15, 0.2) is 16.7 Å². The zero-order valence-corrected chi connectivity index (χ0v) is 13.7. The van der Waals surface area contributed by atoms with Crippen LogP contribution in [0.2, 0.25) is 0 Å². The number of aliphatic imine (C=N–C) groups is 1. The Balaban J connectivity index is 0.00000156. The molecule has 0 aliphatic carbocycles. The predicted molar refractivity (Wildman–Crippen MR) is 91.8 cm³/mol. The Morgan fingerprint density at radius 2 is 2.13 bits per heavy atom. The second-order valence-corrected chi connectivity index (χ2v) is 5.69. The molecule has 0 saturated carbocycles. The van der Waals surface area contributed by atoms with E-state index in [9.17, 15) is 0 Å². The maximum absolute atomic E-state index is 5.39. The van der Waals surface area contributed by atoms with Crippen molar-refractivity contribution in [2.24, 2.45) is 10.1 Å². The first kappa shape index (κ1) is 15.8. The Morgan fingerprint density at radius 1 is 1.22 bits per heavy atom. The molecular weight excluding hydrogens is 338 g/mol. The molecule has 4 rings (SSSR count). The third-order valence-corrected chi connectivity index (χ3v) is 4.21. The maximum atomic E-state index is 5.39. The molecular formula is C15H14ClN3O3S. The first-order chi connectivity index (χ1) is 10.9. The topological polar surface area (TPSA) is 68.4 Å². The highest BCUT2D eigenvalue weighted by atomic mass is 35.5. The summed E-state index contributed by atoms with van der Waals surface area (Å²) in [5.74, 6) is 3.13. The van der Waals surface area contributed by atoms with Crippen LogP contribution in [0.15, 0.2) is 51.1 Å². The van der Waals surface area contributed by atoms with Crippen LogP contribution in [-0.4, -0.2) is 23.4 Å². The number of nitrogens with zero attached hydrogens (tertiary/aromatic N) is 2. The van der Waals surface area contributed by atoms with Gasteiger partial charge in [0.05, 0.1) is 18.5 Å². The number of halogens is 1. The molecule has 0 radical (unpaired) electrons. The molecule has 2 aliphatic heterocycles. The normalized spacial score (nSPS) is 17.4. The molecule has 120 valence electrons. The molecule has 0 fully saturated rings. The Bertz CT molecular complexity index is 746. The van der Waals surface area contributed by atoms with Crippen molar-refractivity contribution in [1.29, 1.82) is 0 Å². The van der Waals surface area contributed by atoms with Gasteiger partial charge in [-0.15, -0.1) is 12.4 Å². The second-order valence-electron chi connectivity index (χ2n) is 4.73. The molecule has 0 atom stereocenters. The summed E-state index contributed by atoms with van der Waals surface area (Å²) in [6.45, 7) is 0.791. The highest BCUT2D eigenvalue weighted by Crippen LogP contribution is 2.33. The van der Waals surface area contributed by atoms with E-state index in [1.807, 2.05) is 30.3 Å². The monoisotopic (exact) mass is 351 g/mol. The zero-order valence-electron chi connectivity index (χ0n) is 12.0. The molecule has 23 heavy (non-hydrogen) atoms. The minimum absolute atomic E-state index is 0. The molecule has 6 nitrogen and oxygen atoms in total. The van der Waals surface area contributed by atoms with Crippen LogP contribution in [0, 0.1) is 0 Å². The summed E-state index contributed by atoms with van der Waals surface area (Å²) in [5.41, 5.74) is 4.97. The van der Waals surface area contributed by atoms with Crippen molar-refractivity contribution in [2.75, 3.05) is 12.5 Å². The molecule has 2 aromatic rings. The van der Waals surface area contributed by atoms with Crippen LogP contribution in [0.5, 0.6) is 11.5 Å². The Labute approximate surface area is 143 Å². The van der Waals surface area contributed by atoms with E-state index in [0.29, 0.717) is 6.54 Å². The van der Waals surface area contributed by atoms with Gasteiger partial charge in [-0.05, 0) is 30.3 Å². The van der Waals surface area contributed by atoms with Gasteiger partial charge in [-0.1, -0.05) is 11.8 Å². The van der Waals surface area contributed by atoms with Gasteiger partial charge < -0.3 is 13.9 Å². The average molecular weight is 352 g/mol. The number of hydrogen-bond acceptors (Lipinski definition) is 6. The highest BCUT2D eigenvalue weighted by Gasteiger charge is 2.18. The fraction of sp³-hybridized carbons (Fsp3) is 0.200. The van der Waals surface area contributed by atoms with Gasteiger partial charge in [0.25, 0.3) is 0 Å². The van der Waals surface area contributed by atoms with E-state index in [1.165, 1.54) is 0 Å². The summed E-state index contributed by atoms with van der Waals surface area (Å²) in [6.07, 6.45) is 1.65. The minimum atomic E-state index is 0. The van der Waals surface area contributed by atoms with Crippen molar-refractivity contribution in [1.82, 2.24) is 5.43 Å². The fourth-order valence-corrected chi connectivity index (χ4v) is 2.94. The lowest BCUT2D eigenvalue weighted by molar-refractivity contribution is 0.174. The lowest BCUT2D eigenvalue weighted by atomic mass is 10.1. The summed E-state index contributed by atoms with van der Waals surface area (Å²) < 4.78 is 16.0. The number of furan rings is 1. The highest BCUT2D eigenvalue weighted by molar-refractivity contribution is 8.14. The number of nitrogens with one attached hydrogen (secondary N) is 1. The van der Waals surface area contributed by atoms with E-state index in [2.05, 4.69) is 15.5 Å². The van der Waals surface area contributed by atoms with Gasteiger partial charge in [0.2, 0.25) is 6.79 Å². The molecule has 0 saturated heterocycles. The third kappa shape index (κ3) is 3.46. The second kappa shape index (κ2) is 6.97. The molecule has 1 aromatic heterocycles. The van der Waals surface area contributed by atoms with E-state index in [0.717, 1.165) is 39.5 Å². The summed E-state index contributed by atoms with van der Waals surface area (Å²) in [5, 5.41) is 5.19. The number of benzene rings is 1. The predicted octanol–water partition coefficient (Wildman–Crippen LogP) is 3.03. The first-order valence-corrected chi connectivity index (χ1v) is 7.79. The minimum Gasteiger partial charge on any atom is -0.467 e. The van der Waals surface area contributed by atoms with Crippen LogP contribution in [0.4, 0.5) is 0 Å². The summed E-state index contributed by atoms with van der Waals surface area (Å²) in [7, 11) is 0. The van der Waals surface area contributed by atoms with Crippen LogP contribution >= 0.6 is 24.2 Å². The third-order valence-electron chi connectivity index (χ3n) is 3.30. The number of fused-ring (bicyclic) bond motifs is 1. The van der Waals surface area contributed by atoms with Crippen molar-refractivity contribution >= 4 is 35.0 Å². The smallest absolute Gasteiger partial charge is 0.231 e. The number of hydrogen-bond donors (Lipinski definition) is 1. The number of thioether (sulfide) groups is 1. The molecule has 1 N–H and O–H groups in total. The number of ether oxygens (including phenoxy) is 2. The molecule has 0 bridgehead atoms. The fourth-order valence-electron chi connectivity index (χ4n) is 2.17. The maximum Gasteiger partial charge on any atom is 0.231 e. The number of amidine groups is 1. The van der Waals surface area contributed by atoms with Crippen LogP contribution in [0.1, 0.15) is 11.3 Å². The number of rotatable bonds is 3. The Kier molecular flexibility index (Phi) is 4.78. The van der Waals surface area contributed by atoms with Crippen LogP contribution in [0.25, 0.3) is 0 Å². The molecule has 0 spiro atoms. The van der Waals surface area contributed by atoms with E-state index in [4.69, 9.17) is 13.9 Å². The largest absolute Gasteiger partial charge is 0.467 e. The Morgan fingerprint density at radius 3 is 2.91 bits per heavy atom. The molecule has 0 unspecified atom stereocenters. The number of hydrazone groups is 1. The molecule has 0 amide bonds. The van der Waals surface area contributed by atoms with E-state index in [-0.39, 0.29) is 19.2 Å². The van der Waals surface area contributed by atoms with Crippen LogP contribution < -0.4 is 14.9 Å². The van der Waals surface area contributed by atoms with E-state index >= 15 is 0 Å². The molecule has 8 heteroatoms.